The standard InChI is InChI=1S/C6H6Br4ClO4P/c7-1-5(9)3-13-16(12,15-11)14-4-6(10)2-8/h1-2H,3-4H2. The molecule has 0 amide bonds. The summed E-state index contributed by atoms with van der Waals surface area (Å²) >= 11 is 17.5. The fourth-order valence-corrected chi connectivity index (χ4v) is 2.26. The Labute approximate surface area is 132 Å². The van der Waals surface area contributed by atoms with E-state index in [0.29, 0.717) is 8.96 Å². The Morgan fingerprint density at radius 3 is 1.75 bits per heavy atom. The van der Waals surface area contributed by atoms with Crippen LogP contribution in [0.15, 0.2) is 18.9 Å². The highest BCUT2D eigenvalue weighted by Gasteiger charge is 2.27. The van der Waals surface area contributed by atoms with Crippen molar-refractivity contribution in [2.24, 2.45) is 0 Å². The Balaban J connectivity index is 4.27. The van der Waals surface area contributed by atoms with Gasteiger partial charge in [0.1, 0.15) is 0 Å². The van der Waals surface area contributed by atoms with E-state index in [4.69, 9.17) is 20.9 Å². The minimum Gasteiger partial charge on any atom is -0.281 e. The minimum absolute atomic E-state index is 0.00485. The Kier molecular flexibility index (Phi) is 10.8. The molecule has 0 saturated heterocycles. The smallest absolute Gasteiger partial charge is 0.281 e. The second-order valence-electron chi connectivity index (χ2n) is 2.18. The van der Waals surface area contributed by atoms with Crippen molar-refractivity contribution in [2.45, 2.75) is 0 Å². The number of phosphoric ester groups is 1. The van der Waals surface area contributed by atoms with Gasteiger partial charge in [-0.25, -0.2) is 4.57 Å². The first kappa shape index (κ1) is 17.8. The molecule has 0 fully saturated rings. The van der Waals surface area contributed by atoms with Crippen LogP contribution in [-0.4, -0.2) is 13.2 Å². The highest BCUT2D eigenvalue weighted by molar-refractivity contribution is 9.14. The van der Waals surface area contributed by atoms with Crippen LogP contribution in [0, 0.1) is 0 Å². The summed E-state index contributed by atoms with van der Waals surface area (Å²) in [5.74, 6) is 0. The molecule has 0 atom stereocenters. The summed E-state index contributed by atoms with van der Waals surface area (Å²) in [6.07, 6.45) is 0. The van der Waals surface area contributed by atoms with Gasteiger partial charge in [-0.3, -0.25) is 9.05 Å². The molecule has 0 rings (SSSR count). The maximum atomic E-state index is 11.7. The highest BCUT2D eigenvalue weighted by atomic mass is 79.9. The third kappa shape index (κ3) is 8.00. The summed E-state index contributed by atoms with van der Waals surface area (Å²) in [5, 5.41) is 0. The molecule has 16 heavy (non-hydrogen) atoms. The van der Waals surface area contributed by atoms with E-state index < -0.39 is 7.82 Å². The molecule has 4 nitrogen and oxygen atoms in total. The second kappa shape index (κ2) is 9.69. The monoisotopic (exact) mass is 524 g/mol. The molecular weight excluding hydrogens is 522 g/mol. The summed E-state index contributed by atoms with van der Waals surface area (Å²) in [5.41, 5.74) is 0. The highest BCUT2D eigenvalue weighted by Crippen LogP contribution is 2.51. The van der Waals surface area contributed by atoms with Crippen molar-refractivity contribution in [3.05, 3.63) is 18.9 Å². The Bertz CT molecular complexity index is 296. The van der Waals surface area contributed by atoms with Gasteiger partial charge in [0.25, 0.3) is 0 Å². The molecule has 0 aliphatic heterocycles. The van der Waals surface area contributed by atoms with Gasteiger partial charge in [-0.05, 0) is 9.97 Å². The minimum atomic E-state index is -3.75. The number of halogens is 5. The van der Waals surface area contributed by atoms with Gasteiger partial charge in [0, 0.05) is 8.96 Å². The molecule has 0 saturated carbocycles. The van der Waals surface area contributed by atoms with Crippen LogP contribution in [0.4, 0.5) is 0 Å². The fraction of sp³-hybridized carbons (Fsp3) is 0.333. The maximum Gasteiger partial charge on any atom is 0.492 e. The van der Waals surface area contributed by atoms with Gasteiger partial charge in [-0.15, -0.1) is 0 Å². The van der Waals surface area contributed by atoms with E-state index in [1.165, 1.54) is 0 Å². The van der Waals surface area contributed by atoms with Crippen molar-refractivity contribution in [2.75, 3.05) is 13.2 Å². The summed E-state index contributed by atoms with van der Waals surface area (Å²) in [6, 6.07) is 0. The molecule has 0 heterocycles. The van der Waals surface area contributed by atoms with Gasteiger partial charge in [0.15, 0.2) is 0 Å². The summed E-state index contributed by atoms with van der Waals surface area (Å²) < 4.78 is 26.9. The van der Waals surface area contributed by atoms with Gasteiger partial charge >= 0.3 is 7.82 Å². The Morgan fingerprint density at radius 1 is 1.12 bits per heavy atom. The molecule has 0 aromatic rings. The van der Waals surface area contributed by atoms with E-state index in [-0.39, 0.29) is 13.2 Å². The molecule has 0 aromatic carbocycles. The quantitative estimate of drug-likeness (QED) is 0.406. The molecular formula is C6H6Br4ClO4P. The van der Waals surface area contributed by atoms with Crippen LogP contribution in [0.25, 0.3) is 0 Å². The average Bonchev–Trinajstić information content (AvgIpc) is 2.32. The number of hydrogen-bond acceptors (Lipinski definition) is 4. The van der Waals surface area contributed by atoms with Gasteiger partial charge in [-0.1, -0.05) is 63.7 Å². The third-order valence-corrected chi connectivity index (χ3v) is 5.86. The normalized spacial score (nSPS) is 17.3. The zero-order chi connectivity index (χ0) is 12.6. The first-order chi connectivity index (χ1) is 7.47. The van der Waals surface area contributed by atoms with E-state index in [2.05, 4.69) is 67.8 Å². The van der Waals surface area contributed by atoms with E-state index >= 15 is 0 Å². The number of hydrogen-bond donors (Lipinski definition) is 0. The summed E-state index contributed by atoms with van der Waals surface area (Å²) in [4.78, 5) is 3.11. The molecule has 0 bridgehead atoms. The number of rotatable bonds is 7. The van der Waals surface area contributed by atoms with Crippen LogP contribution in [0.1, 0.15) is 0 Å². The first-order valence-electron chi connectivity index (χ1n) is 3.56. The molecule has 0 spiro atoms. The van der Waals surface area contributed by atoms with Crippen molar-refractivity contribution < 1.29 is 17.7 Å². The lowest BCUT2D eigenvalue weighted by Gasteiger charge is -2.13. The van der Waals surface area contributed by atoms with Crippen LogP contribution in [0.5, 0.6) is 0 Å². The van der Waals surface area contributed by atoms with Gasteiger partial charge in [-0.2, -0.15) is 4.08 Å². The predicted molar refractivity (Wildman–Crippen MR) is 78.3 cm³/mol. The van der Waals surface area contributed by atoms with Crippen LogP contribution < -0.4 is 0 Å². The van der Waals surface area contributed by atoms with Crippen LogP contribution in [0.3, 0.4) is 0 Å². The molecule has 0 aliphatic rings. The van der Waals surface area contributed by atoms with Gasteiger partial charge in [0.05, 0.1) is 25.1 Å². The van der Waals surface area contributed by atoms with Crippen LogP contribution in [-0.2, 0) is 17.7 Å². The van der Waals surface area contributed by atoms with E-state index in [9.17, 15) is 4.57 Å². The third-order valence-electron chi connectivity index (χ3n) is 1.04. The summed E-state index contributed by atoms with van der Waals surface area (Å²) in [6.45, 7) is 0.00971. The van der Waals surface area contributed by atoms with Crippen molar-refractivity contribution in [3.63, 3.8) is 0 Å². The molecule has 94 valence electrons. The van der Waals surface area contributed by atoms with E-state index in [1.54, 1.807) is 9.97 Å². The molecule has 0 aliphatic carbocycles. The van der Waals surface area contributed by atoms with Crippen LogP contribution >= 0.6 is 83.4 Å². The topological polar surface area (TPSA) is 44.8 Å². The number of phosphoric acid groups is 1. The zero-order valence-corrected chi connectivity index (χ0v) is 15.5. The lowest BCUT2D eigenvalue weighted by Crippen LogP contribution is -1.99. The Hall–Kier alpha value is 1.80. The SMILES string of the molecule is O=P(OCl)(OCC(Br)=CBr)OCC(Br)=CBr. The first-order valence-corrected chi connectivity index (χ1v) is 8.75. The van der Waals surface area contributed by atoms with Gasteiger partial charge < -0.3 is 0 Å². The average molecular weight is 528 g/mol. The second-order valence-corrected chi connectivity index (χ2v) is 7.09. The molecule has 0 unspecified atom stereocenters. The molecule has 0 aromatic heterocycles. The lowest BCUT2D eigenvalue weighted by molar-refractivity contribution is 0.184. The predicted octanol–water partition coefficient (Wildman–Crippen LogP) is 5.56. The van der Waals surface area contributed by atoms with Crippen molar-refractivity contribution in [1.82, 2.24) is 0 Å². The van der Waals surface area contributed by atoms with Crippen LogP contribution in [0.2, 0.25) is 0 Å². The Morgan fingerprint density at radius 2 is 1.50 bits per heavy atom. The van der Waals surface area contributed by atoms with Crippen molar-refractivity contribution >= 4 is 83.4 Å². The fourth-order valence-electron chi connectivity index (χ4n) is 0.422. The van der Waals surface area contributed by atoms with E-state index in [1.807, 2.05) is 0 Å². The maximum absolute atomic E-state index is 11.7. The van der Waals surface area contributed by atoms with E-state index in [0.717, 1.165) is 0 Å². The summed E-state index contributed by atoms with van der Waals surface area (Å²) in [7, 11) is -3.75. The van der Waals surface area contributed by atoms with Gasteiger partial charge in [0.2, 0.25) is 0 Å². The van der Waals surface area contributed by atoms with Crippen molar-refractivity contribution in [3.8, 4) is 0 Å². The molecule has 10 heteroatoms. The lowest BCUT2D eigenvalue weighted by atomic mass is 10.7. The van der Waals surface area contributed by atoms with Crippen molar-refractivity contribution in [1.29, 1.82) is 0 Å². The zero-order valence-electron chi connectivity index (χ0n) is 7.54. The largest absolute Gasteiger partial charge is 0.492 e. The molecule has 0 radical (unpaired) electrons. The molecule has 0 N–H and O–H groups in total.